The normalized spacial score (nSPS) is 21.2. The first-order valence-corrected chi connectivity index (χ1v) is 7.16. The summed E-state index contributed by atoms with van der Waals surface area (Å²) >= 11 is 6.18. The fourth-order valence-electron chi connectivity index (χ4n) is 2.62. The average Bonchev–Trinajstić information content (AvgIpc) is 2.82. The van der Waals surface area contributed by atoms with E-state index in [0.717, 1.165) is 37.6 Å². The Balaban J connectivity index is 2.20. The molecule has 1 aromatic carbocycles. The van der Waals surface area contributed by atoms with E-state index in [-0.39, 0.29) is 0 Å². The molecule has 0 spiro atoms. The number of benzene rings is 1. The fourth-order valence-corrected chi connectivity index (χ4v) is 2.91. The lowest BCUT2D eigenvalue weighted by atomic mass is 9.91. The van der Waals surface area contributed by atoms with Gasteiger partial charge in [0.05, 0.1) is 6.61 Å². The minimum Gasteiger partial charge on any atom is -0.381 e. The second kappa shape index (κ2) is 6.55. The van der Waals surface area contributed by atoms with Crippen LogP contribution >= 0.6 is 11.6 Å². The molecule has 2 atom stereocenters. The van der Waals surface area contributed by atoms with Crippen LogP contribution in [0.3, 0.4) is 0 Å². The van der Waals surface area contributed by atoms with Gasteiger partial charge in [-0.25, -0.2) is 0 Å². The van der Waals surface area contributed by atoms with E-state index in [0.29, 0.717) is 12.0 Å². The maximum atomic E-state index is 6.18. The molecule has 1 fully saturated rings. The van der Waals surface area contributed by atoms with Crippen molar-refractivity contribution >= 4 is 11.6 Å². The van der Waals surface area contributed by atoms with E-state index in [1.54, 1.807) is 0 Å². The third-order valence-electron chi connectivity index (χ3n) is 3.47. The van der Waals surface area contributed by atoms with Crippen molar-refractivity contribution < 1.29 is 4.74 Å². The van der Waals surface area contributed by atoms with Crippen LogP contribution in [0.5, 0.6) is 0 Å². The molecule has 0 aliphatic carbocycles. The summed E-state index contributed by atoms with van der Waals surface area (Å²) in [7, 11) is 0. The Morgan fingerprint density at radius 1 is 1.44 bits per heavy atom. The molecule has 2 unspecified atom stereocenters. The number of aryl methyl sites for hydroxylation is 1. The van der Waals surface area contributed by atoms with Crippen molar-refractivity contribution in [1.82, 2.24) is 5.32 Å². The fraction of sp³-hybridized carbons (Fsp3) is 0.600. The zero-order valence-corrected chi connectivity index (χ0v) is 12.0. The van der Waals surface area contributed by atoms with Crippen LogP contribution in [0, 0.1) is 12.8 Å². The van der Waals surface area contributed by atoms with Crippen LogP contribution in [0.25, 0.3) is 0 Å². The topological polar surface area (TPSA) is 21.3 Å². The Labute approximate surface area is 115 Å². The van der Waals surface area contributed by atoms with Gasteiger partial charge in [-0.1, -0.05) is 24.6 Å². The van der Waals surface area contributed by atoms with Crippen molar-refractivity contribution in [3.63, 3.8) is 0 Å². The van der Waals surface area contributed by atoms with Crippen molar-refractivity contribution in [1.29, 1.82) is 0 Å². The van der Waals surface area contributed by atoms with Crippen molar-refractivity contribution in [2.45, 2.75) is 32.7 Å². The molecule has 1 aromatic rings. The number of hydrogen-bond acceptors (Lipinski definition) is 2. The quantitative estimate of drug-likeness (QED) is 0.878. The molecule has 0 amide bonds. The summed E-state index contributed by atoms with van der Waals surface area (Å²) in [6.07, 6.45) is 2.27. The highest BCUT2D eigenvalue weighted by atomic mass is 35.5. The van der Waals surface area contributed by atoms with Gasteiger partial charge >= 0.3 is 0 Å². The second-order valence-corrected chi connectivity index (χ2v) is 5.55. The van der Waals surface area contributed by atoms with Crippen molar-refractivity contribution in [3.05, 3.63) is 34.3 Å². The number of rotatable bonds is 5. The van der Waals surface area contributed by atoms with Gasteiger partial charge in [0.1, 0.15) is 0 Å². The maximum absolute atomic E-state index is 6.18. The summed E-state index contributed by atoms with van der Waals surface area (Å²) in [5.74, 6) is 0.564. The van der Waals surface area contributed by atoms with Crippen LogP contribution in [0.1, 0.15) is 36.9 Å². The number of ether oxygens (including phenoxy) is 1. The highest BCUT2D eigenvalue weighted by molar-refractivity contribution is 6.30. The first-order chi connectivity index (χ1) is 8.70. The van der Waals surface area contributed by atoms with E-state index in [2.05, 4.69) is 31.3 Å². The molecule has 0 bridgehead atoms. The minimum absolute atomic E-state index is 0.366. The van der Waals surface area contributed by atoms with Crippen LogP contribution < -0.4 is 5.32 Å². The third kappa shape index (κ3) is 3.47. The predicted molar refractivity (Wildman–Crippen MR) is 76.1 cm³/mol. The van der Waals surface area contributed by atoms with E-state index >= 15 is 0 Å². The van der Waals surface area contributed by atoms with Crippen molar-refractivity contribution in [3.8, 4) is 0 Å². The first kappa shape index (κ1) is 13.9. The molecule has 2 rings (SSSR count). The monoisotopic (exact) mass is 267 g/mol. The first-order valence-electron chi connectivity index (χ1n) is 6.79. The standard InChI is InChI=1S/C15H22ClNO/c1-3-5-17-15(12-4-6-18-10-12)13-7-11(2)8-14(16)9-13/h7-9,12,15,17H,3-6,10H2,1-2H3. The SMILES string of the molecule is CCCNC(c1cc(C)cc(Cl)c1)C1CCOC1. The summed E-state index contributed by atoms with van der Waals surface area (Å²) in [4.78, 5) is 0. The van der Waals surface area contributed by atoms with Gasteiger partial charge in [0.2, 0.25) is 0 Å². The van der Waals surface area contributed by atoms with Gasteiger partial charge in [0.25, 0.3) is 0 Å². The molecule has 100 valence electrons. The highest BCUT2D eigenvalue weighted by Crippen LogP contribution is 2.30. The smallest absolute Gasteiger partial charge is 0.0513 e. The summed E-state index contributed by atoms with van der Waals surface area (Å²) in [6, 6.07) is 6.69. The number of nitrogens with one attached hydrogen (secondary N) is 1. The van der Waals surface area contributed by atoms with E-state index < -0.39 is 0 Å². The van der Waals surface area contributed by atoms with Gasteiger partial charge in [-0.15, -0.1) is 0 Å². The average molecular weight is 268 g/mol. The van der Waals surface area contributed by atoms with E-state index in [1.165, 1.54) is 11.1 Å². The Kier molecular flexibility index (Phi) is 5.04. The molecule has 3 heteroatoms. The second-order valence-electron chi connectivity index (χ2n) is 5.12. The molecule has 18 heavy (non-hydrogen) atoms. The van der Waals surface area contributed by atoms with Crippen LogP contribution in [0.4, 0.5) is 0 Å². The highest BCUT2D eigenvalue weighted by Gasteiger charge is 2.26. The summed E-state index contributed by atoms with van der Waals surface area (Å²) < 4.78 is 5.53. The molecule has 2 nitrogen and oxygen atoms in total. The van der Waals surface area contributed by atoms with Crippen molar-refractivity contribution in [2.75, 3.05) is 19.8 Å². The molecule has 1 saturated heterocycles. The van der Waals surface area contributed by atoms with Crippen LogP contribution in [0.15, 0.2) is 18.2 Å². The zero-order chi connectivity index (χ0) is 13.0. The van der Waals surface area contributed by atoms with E-state index in [1.807, 2.05) is 6.07 Å². The van der Waals surface area contributed by atoms with Gasteiger partial charge < -0.3 is 10.1 Å². The van der Waals surface area contributed by atoms with Crippen LogP contribution in [-0.4, -0.2) is 19.8 Å². The van der Waals surface area contributed by atoms with Gasteiger partial charge in [-0.05, 0) is 49.6 Å². The summed E-state index contributed by atoms with van der Waals surface area (Å²) in [5.41, 5.74) is 2.52. The lowest BCUT2D eigenvalue weighted by Crippen LogP contribution is -2.29. The van der Waals surface area contributed by atoms with Gasteiger partial charge in [0.15, 0.2) is 0 Å². The molecule has 0 aromatic heterocycles. The zero-order valence-electron chi connectivity index (χ0n) is 11.2. The Morgan fingerprint density at radius 3 is 2.89 bits per heavy atom. The largest absolute Gasteiger partial charge is 0.381 e. The Hall–Kier alpha value is -0.570. The predicted octanol–water partition coefficient (Wildman–Crippen LogP) is 3.73. The lowest BCUT2D eigenvalue weighted by molar-refractivity contribution is 0.176. The summed E-state index contributed by atoms with van der Waals surface area (Å²) in [6.45, 7) is 7.06. The maximum Gasteiger partial charge on any atom is 0.0513 e. The third-order valence-corrected chi connectivity index (χ3v) is 3.69. The molecular formula is C15H22ClNO. The van der Waals surface area contributed by atoms with Crippen LogP contribution in [0.2, 0.25) is 5.02 Å². The molecule has 1 aliphatic heterocycles. The van der Waals surface area contributed by atoms with Crippen LogP contribution in [-0.2, 0) is 4.74 Å². The Bertz CT molecular complexity index is 368. The van der Waals surface area contributed by atoms with E-state index in [9.17, 15) is 0 Å². The lowest BCUT2D eigenvalue weighted by Gasteiger charge is -2.25. The van der Waals surface area contributed by atoms with E-state index in [4.69, 9.17) is 16.3 Å². The molecule has 0 radical (unpaired) electrons. The number of hydrogen-bond donors (Lipinski definition) is 1. The molecule has 1 N–H and O–H groups in total. The molecular weight excluding hydrogens is 246 g/mol. The molecule has 1 aliphatic rings. The van der Waals surface area contributed by atoms with Gasteiger partial charge in [-0.2, -0.15) is 0 Å². The van der Waals surface area contributed by atoms with Gasteiger partial charge in [-0.3, -0.25) is 0 Å². The molecule has 0 saturated carbocycles. The molecule has 1 heterocycles. The van der Waals surface area contributed by atoms with Gasteiger partial charge in [0, 0.05) is 23.6 Å². The minimum atomic E-state index is 0.366. The number of halogens is 1. The van der Waals surface area contributed by atoms with Crippen molar-refractivity contribution in [2.24, 2.45) is 5.92 Å². The summed E-state index contributed by atoms with van der Waals surface area (Å²) in [5, 5.41) is 4.47. The Morgan fingerprint density at radius 2 is 2.28 bits per heavy atom.